The molecule has 0 aliphatic rings. The van der Waals surface area contributed by atoms with Crippen molar-refractivity contribution in [3.05, 3.63) is 46.9 Å². The summed E-state index contributed by atoms with van der Waals surface area (Å²) in [5.41, 5.74) is 0.245. The van der Waals surface area contributed by atoms with E-state index >= 15 is 0 Å². The number of ether oxygens (including phenoxy) is 1. The molecule has 0 unspecified atom stereocenters. The van der Waals surface area contributed by atoms with Gasteiger partial charge in [-0.1, -0.05) is 11.6 Å². The summed E-state index contributed by atoms with van der Waals surface area (Å²) in [4.78, 5) is 16.1. The quantitative estimate of drug-likeness (QED) is 0.910. The molecule has 0 saturated carbocycles. The number of carbonyl (C=O) groups excluding carboxylic acids is 1. The summed E-state index contributed by atoms with van der Waals surface area (Å²) in [6.07, 6.45) is 1.35. The number of methoxy groups -OCH3 is 1. The number of aromatic nitrogens is 1. The summed E-state index contributed by atoms with van der Waals surface area (Å²) >= 11 is 5.96. The van der Waals surface area contributed by atoms with Crippen molar-refractivity contribution in [2.24, 2.45) is 0 Å². The Morgan fingerprint density at radius 1 is 1.38 bits per heavy atom. The average molecular weight is 310 g/mol. The summed E-state index contributed by atoms with van der Waals surface area (Å²) in [7, 11) is 3.12. The molecule has 0 atom stereocenters. The zero-order chi connectivity index (χ0) is 15.4. The molecule has 110 valence electrons. The van der Waals surface area contributed by atoms with Crippen molar-refractivity contribution < 1.29 is 13.9 Å². The van der Waals surface area contributed by atoms with Crippen LogP contribution in [0.4, 0.5) is 15.9 Å². The summed E-state index contributed by atoms with van der Waals surface area (Å²) in [6.45, 7) is 0. The van der Waals surface area contributed by atoms with E-state index in [0.29, 0.717) is 16.6 Å². The van der Waals surface area contributed by atoms with Crippen LogP contribution in [0.1, 0.15) is 10.4 Å². The van der Waals surface area contributed by atoms with Crippen molar-refractivity contribution in [2.75, 3.05) is 24.8 Å². The monoisotopic (exact) mass is 309 g/mol. The Bertz CT molecular complexity index is 679. The van der Waals surface area contributed by atoms with Gasteiger partial charge in [0.25, 0.3) is 5.91 Å². The molecule has 1 heterocycles. The topological polar surface area (TPSA) is 63.2 Å². The molecule has 7 heteroatoms. The molecule has 21 heavy (non-hydrogen) atoms. The molecule has 0 aliphatic carbocycles. The van der Waals surface area contributed by atoms with E-state index < -0.39 is 11.7 Å². The average Bonchev–Trinajstić information content (AvgIpc) is 2.49. The Kier molecular flexibility index (Phi) is 4.59. The van der Waals surface area contributed by atoms with Gasteiger partial charge in [-0.2, -0.15) is 0 Å². The smallest absolute Gasteiger partial charge is 0.257 e. The van der Waals surface area contributed by atoms with E-state index in [4.69, 9.17) is 16.3 Å². The summed E-state index contributed by atoms with van der Waals surface area (Å²) in [6, 6.07) is 5.52. The normalized spacial score (nSPS) is 10.1. The van der Waals surface area contributed by atoms with Crippen molar-refractivity contribution in [3.8, 4) is 5.75 Å². The fourth-order valence-corrected chi connectivity index (χ4v) is 1.93. The first-order valence-corrected chi connectivity index (χ1v) is 6.41. The van der Waals surface area contributed by atoms with Crippen LogP contribution in [0.15, 0.2) is 30.5 Å². The molecule has 1 aromatic carbocycles. The second-order valence-corrected chi connectivity index (χ2v) is 4.51. The number of hydrogen-bond acceptors (Lipinski definition) is 4. The van der Waals surface area contributed by atoms with Gasteiger partial charge >= 0.3 is 0 Å². The van der Waals surface area contributed by atoms with Crippen LogP contribution in [0, 0.1) is 5.82 Å². The van der Waals surface area contributed by atoms with Crippen LogP contribution >= 0.6 is 11.6 Å². The molecule has 0 spiro atoms. The van der Waals surface area contributed by atoms with Crippen molar-refractivity contribution in [1.29, 1.82) is 0 Å². The van der Waals surface area contributed by atoms with Gasteiger partial charge in [0.1, 0.15) is 17.4 Å². The van der Waals surface area contributed by atoms with E-state index in [1.54, 1.807) is 7.05 Å². The van der Waals surface area contributed by atoms with E-state index in [-0.39, 0.29) is 11.3 Å². The fraction of sp³-hybridized carbons (Fsp3) is 0.143. The minimum atomic E-state index is -0.560. The first-order chi connectivity index (χ1) is 10.0. The number of hydrogen-bond donors (Lipinski definition) is 2. The van der Waals surface area contributed by atoms with Crippen molar-refractivity contribution in [2.45, 2.75) is 0 Å². The zero-order valence-electron chi connectivity index (χ0n) is 11.4. The Labute approximate surface area is 126 Å². The van der Waals surface area contributed by atoms with Gasteiger partial charge in [0.15, 0.2) is 0 Å². The van der Waals surface area contributed by atoms with Crippen molar-refractivity contribution in [1.82, 2.24) is 4.98 Å². The molecule has 1 amide bonds. The van der Waals surface area contributed by atoms with Gasteiger partial charge in [0.2, 0.25) is 0 Å². The summed E-state index contributed by atoms with van der Waals surface area (Å²) in [5, 5.41) is 5.54. The number of halogens is 2. The highest BCUT2D eigenvalue weighted by atomic mass is 35.5. The summed E-state index contributed by atoms with van der Waals surface area (Å²) < 4.78 is 18.6. The minimum Gasteiger partial charge on any atom is -0.497 e. The molecular formula is C14H13ClFN3O2. The van der Waals surface area contributed by atoms with E-state index in [9.17, 15) is 9.18 Å². The predicted molar refractivity (Wildman–Crippen MR) is 79.7 cm³/mol. The number of pyridine rings is 1. The van der Waals surface area contributed by atoms with Gasteiger partial charge < -0.3 is 15.4 Å². The van der Waals surface area contributed by atoms with Gasteiger partial charge in [-0.05, 0) is 18.2 Å². The molecule has 0 radical (unpaired) electrons. The van der Waals surface area contributed by atoms with E-state index in [1.807, 2.05) is 0 Å². The maximum Gasteiger partial charge on any atom is 0.257 e. The Hall–Kier alpha value is -2.34. The van der Waals surface area contributed by atoms with Gasteiger partial charge in [0.05, 0.1) is 23.4 Å². The van der Waals surface area contributed by atoms with Crippen LogP contribution in [0.25, 0.3) is 0 Å². The molecule has 2 rings (SSSR count). The predicted octanol–water partition coefficient (Wildman–Crippen LogP) is 3.18. The highest BCUT2D eigenvalue weighted by Crippen LogP contribution is 2.23. The Morgan fingerprint density at radius 3 is 2.76 bits per heavy atom. The van der Waals surface area contributed by atoms with E-state index in [1.165, 1.54) is 37.6 Å². The van der Waals surface area contributed by atoms with E-state index in [2.05, 4.69) is 15.6 Å². The van der Waals surface area contributed by atoms with Crippen LogP contribution in [0.2, 0.25) is 5.02 Å². The standard InChI is InChI=1S/C14H13ClFN3O2/c1-17-13-10(15)5-8(7-18-13)14(20)19-12-6-9(21-2)3-4-11(12)16/h3-7H,1-2H3,(H,17,18)(H,19,20). The molecule has 0 bridgehead atoms. The van der Waals surface area contributed by atoms with Gasteiger partial charge in [-0.25, -0.2) is 9.37 Å². The largest absolute Gasteiger partial charge is 0.497 e. The molecule has 0 fully saturated rings. The number of carbonyl (C=O) groups is 1. The highest BCUT2D eigenvalue weighted by molar-refractivity contribution is 6.33. The molecule has 2 aromatic rings. The molecule has 0 aliphatic heterocycles. The van der Waals surface area contributed by atoms with Gasteiger partial charge in [-0.15, -0.1) is 0 Å². The number of amides is 1. The lowest BCUT2D eigenvalue weighted by Gasteiger charge is -2.09. The Balaban J connectivity index is 2.23. The van der Waals surface area contributed by atoms with Crippen LogP contribution in [-0.2, 0) is 0 Å². The number of anilines is 2. The van der Waals surface area contributed by atoms with Crippen molar-refractivity contribution >= 4 is 29.0 Å². The summed E-state index contributed by atoms with van der Waals surface area (Å²) in [5.74, 6) is -0.177. The minimum absolute atomic E-state index is 0.0214. The lowest BCUT2D eigenvalue weighted by molar-refractivity contribution is 0.102. The maximum absolute atomic E-state index is 13.7. The number of benzene rings is 1. The molecular weight excluding hydrogens is 297 g/mol. The van der Waals surface area contributed by atoms with E-state index in [0.717, 1.165) is 0 Å². The fourth-order valence-electron chi connectivity index (χ4n) is 1.67. The van der Waals surface area contributed by atoms with Crippen molar-refractivity contribution in [3.63, 3.8) is 0 Å². The van der Waals surface area contributed by atoms with Crippen LogP contribution in [0.3, 0.4) is 0 Å². The molecule has 2 N–H and O–H groups in total. The first kappa shape index (κ1) is 15.1. The molecule has 5 nitrogen and oxygen atoms in total. The zero-order valence-corrected chi connectivity index (χ0v) is 12.2. The first-order valence-electron chi connectivity index (χ1n) is 6.03. The van der Waals surface area contributed by atoms with Crippen LogP contribution in [0.5, 0.6) is 5.75 Å². The second kappa shape index (κ2) is 6.41. The lowest BCUT2D eigenvalue weighted by atomic mass is 10.2. The van der Waals surface area contributed by atoms with Gasteiger partial charge in [-0.3, -0.25) is 4.79 Å². The number of nitrogens with one attached hydrogen (secondary N) is 2. The SMILES string of the molecule is CNc1ncc(C(=O)Nc2cc(OC)ccc2F)cc1Cl. The molecule has 1 aromatic heterocycles. The van der Waals surface area contributed by atoms with Crippen LogP contribution in [-0.4, -0.2) is 25.0 Å². The third-order valence-corrected chi connectivity index (χ3v) is 3.05. The third kappa shape index (κ3) is 3.41. The lowest BCUT2D eigenvalue weighted by Crippen LogP contribution is -2.13. The number of nitrogens with zero attached hydrogens (tertiary/aromatic N) is 1. The van der Waals surface area contributed by atoms with Crippen LogP contribution < -0.4 is 15.4 Å². The maximum atomic E-state index is 13.7. The second-order valence-electron chi connectivity index (χ2n) is 4.10. The van der Waals surface area contributed by atoms with Gasteiger partial charge in [0, 0.05) is 19.3 Å². The highest BCUT2D eigenvalue weighted by Gasteiger charge is 2.12. The third-order valence-electron chi connectivity index (χ3n) is 2.76. The molecule has 0 saturated heterocycles. The number of rotatable bonds is 4. The Morgan fingerprint density at radius 2 is 2.14 bits per heavy atom.